The first-order valence-electron chi connectivity index (χ1n) is 19.9. The first-order valence-corrected chi connectivity index (χ1v) is 19.9. The zero-order valence-electron chi connectivity index (χ0n) is 33.6. The molecule has 10 heteroatoms. The van der Waals surface area contributed by atoms with Gasteiger partial charge in [0.1, 0.15) is 11.5 Å². The van der Waals surface area contributed by atoms with Crippen LogP contribution in [-0.2, 0) is 15.5 Å². The number of halogens is 3. The van der Waals surface area contributed by atoms with Gasteiger partial charge in [0.15, 0.2) is 0 Å². The van der Waals surface area contributed by atoms with Crippen LogP contribution < -0.4 is 26.8 Å². The maximum absolute atomic E-state index is 13.6. The minimum absolute atomic E-state index is 0.360. The fourth-order valence-corrected chi connectivity index (χ4v) is 7.01. The molecule has 298 valence electrons. The van der Waals surface area contributed by atoms with Gasteiger partial charge in [0.2, 0.25) is 0 Å². The highest BCUT2D eigenvalue weighted by Crippen LogP contribution is 2.31. The van der Waals surface area contributed by atoms with Crippen molar-refractivity contribution in [1.29, 1.82) is 0 Å². The summed E-state index contributed by atoms with van der Waals surface area (Å²) in [7, 11) is 4.01. The van der Waals surface area contributed by atoms with Crippen LogP contribution in [-0.4, -0.2) is 37.9 Å². The molecule has 0 fully saturated rings. The van der Waals surface area contributed by atoms with Crippen LogP contribution in [0.5, 0.6) is 0 Å². The number of hydrogen-bond donors (Lipinski definition) is 0. The van der Waals surface area contributed by atoms with Crippen LogP contribution in [0, 0.1) is 0 Å². The molecule has 61 heavy (non-hydrogen) atoms. The molecule has 2 aromatic heterocycles. The first-order chi connectivity index (χ1) is 29.7. The third-order valence-electron chi connectivity index (χ3n) is 10.2. The molecule has 0 radical (unpaired) electrons. The lowest BCUT2D eigenvalue weighted by Crippen LogP contribution is -2.44. The van der Waals surface area contributed by atoms with Crippen molar-refractivity contribution in [2.45, 2.75) is 6.18 Å². The third kappa shape index (κ3) is 9.94. The van der Waals surface area contributed by atoms with Crippen LogP contribution in [0.15, 0.2) is 194 Å². The van der Waals surface area contributed by atoms with Crippen molar-refractivity contribution in [3.8, 4) is 0 Å². The Kier molecular flexibility index (Phi) is 12.1. The van der Waals surface area contributed by atoms with Gasteiger partial charge in [0.05, 0.1) is 28.0 Å². The zero-order valence-corrected chi connectivity index (χ0v) is 33.6. The average molecular weight is 806 g/mol. The minimum atomic E-state index is -4.48. The van der Waals surface area contributed by atoms with Crippen LogP contribution in [0.3, 0.4) is 0 Å². The number of alkyl halides is 3. The fraction of sp³-hybridized carbons (Fsp3) is 0.0588. The Bertz CT molecular complexity index is 2670. The molecule has 0 N–H and O–H groups in total. The normalized spacial score (nSPS) is 11.9. The number of fused-ring (bicyclic) bond motifs is 1. The molecule has 8 aromatic rings. The molecule has 0 saturated carbocycles. The Morgan fingerprint density at radius 1 is 0.459 bits per heavy atom. The van der Waals surface area contributed by atoms with Crippen molar-refractivity contribution in [3.63, 3.8) is 0 Å². The number of benzene rings is 6. The lowest BCUT2D eigenvalue weighted by atomic mass is 9.55. The van der Waals surface area contributed by atoms with Crippen molar-refractivity contribution >= 4 is 76.1 Å². The zero-order chi connectivity index (χ0) is 42.2. The lowest BCUT2D eigenvalue weighted by molar-refractivity contribution is -0.137. The molecule has 0 saturated heterocycles. The summed E-state index contributed by atoms with van der Waals surface area (Å²) in [5.74, 6) is 1.01. The van der Waals surface area contributed by atoms with Crippen molar-refractivity contribution in [1.82, 2.24) is 9.97 Å². The van der Waals surface area contributed by atoms with E-state index in [2.05, 4.69) is 41.3 Å². The number of nitrogens with zero attached hydrogens (tertiary/aromatic N) is 3. The summed E-state index contributed by atoms with van der Waals surface area (Å²) >= 11 is 0. The monoisotopic (exact) mass is 805 g/mol. The summed E-state index contributed by atoms with van der Waals surface area (Å²) in [5.41, 5.74) is 7.99. The summed E-state index contributed by atoms with van der Waals surface area (Å²) in [4.78, 5) is 12.0. The Labute approximate surface area is 354 Å². The number of aromatic nitrogens is 2. The number of hydrogen-bond acceptors (Lipinski definition) is 5. The van der Waals surface area contributed by atoms with Crippen molar-refractivity contribution in [2.75, 3.05) is 19.0 Å². The van der Waals surface area contributed by atoms with Crippen LogP contribution in [0.2, 0.25) is 0 Å². The fourth-order valence-electron chi connectivity index (χ4n) is 7.01. The second-order valence-electron chi connectivity index (χ2n) is 14.7. The van der Waals surface area contributed by atoms with Crippen LogP contribution in [0.1, 0.15) is 28.1 Å². The van der Waals surface area contributed by atoms with E-state index in [1.165, 1.54) is 12.1 Å². The molecule has 6 aromatic carbocycles. The van der Waals surface area contributed by atoms with Crippen LogP contribution >= 0.6 is 0 Å². The second kappa shape index (κ2) is 18.3. The number of pyridine rings is 2. The molecular formula is C51H40B2F3N3O2. The predicted octanol–water partition coefficient (Wildman–Crippen LogP) is 9.36. The minimum Gasteiger partial charge on any atom is -0.551 e. The van der Waals surface area contributed by atoms with Gasteiger partial charge in [-0.2, -0.15) is 13.2 Å². The molecule has 2 heterocycles. The van der Waals surface area contributed by atoms with E-state index in [9.17, 15) is 13.2 Å². The molecule has 0 aliphatic rings. The molecule has 0 aliphatic heterocycles. The average Bonchev–Trinajstić information content (AvgIpc) is 3.30. The quantitative estimate of drug-likeness (QED) is 0.0860. The van der Waals surface area contributed by atoms with Crippen LogP contribution in [0.25, 0.3) is 34.7 Å². The highest BCUT2D eigenvalue weighted by Gasteiger charge is 2.31. The Balaban J connectivity index is 1.17. The highest BCUT2D eigenvalue weighted by atomic mass is 19.4. The van der Waals surface area contributed by atoms with E-state index in [-0.39, 0.29) is 6.92 Å². The van der Waals surface area contributed by atoms with Crippen molar-refractivity contribution in [2.24, 2.45) is 0 Å². The van der Waals surface area contributed by atoms with E-state index >= 15 is 0 Å². The maximum Gasteiger partial charge on any atom is 0.426 e. The van der Waals surface area contributed by atoms with Gasteiger partial charge in [-0.05, 0) is 82.5 Å². The molecule has 5 nitrogen and oxygen atoms in total. The van der Waals surface area contributed by atoms with Crippen LogP contribution in [0.4, 0.5) is 18.9 Å². The Morgan fingerprint density at radius 2 is 0.803 bits per heavy atom. The van der Waals surface area contributed by atoms with Gasteiger partial charge in [0, 0.05) is 43.1 Å². The molecule has 0 spiro atoms. The highest BCUT2D eigenvalue weighted by molar-refractivity contribution is 6.81. The van der Waals surface area contributed by atoms with Gasteiger partial charge in [-0.1, -0.05) is 133 Å². The Morgan fingerprint density at radius 3 is 1.13 bits per heavy atom. The van der Waals surface area contributed by atoms with Gasteiger partial charge in [-0.25, -0.2) is 9.97 Å². The summed E-state index contributed by atoms with van der Waals surface area (Å²) in [6, 6.07) is 60.4. The molecule has 0 atom stereocenters. The standard InChI is InChI=1S/C51H40B2F3N3O2/c1-59(2)46-31-25-38(26-32-46)50(61-53(42-19-11-5-12-20-42)43-21-13-6-14-22-43)36-45-30-34-47-48(58-45)33-29-44(57-47)35-49(37-23-27-39(28-24-37)51(54,55)56)60-52(40-15-7-3-8-16-40)41-17-9-4-10-18-41/h3-36H,1-2H3/b49-35+,50-36+. The van der Waals surface area contributed by atoms with Gasteiger partial charge in [-0.15, -0.1) is 0 Å². The summed E-state index contributed by atoms with van der Waals surface area (Å²) < 4.78 is 54.6. The van der Waals surface area contributed by atoms with Gasteiger partial charge >= 0.3 is 20.0 Å². The summed E-state index contributed by atoms with van der Waals surface area (Å²) in [6.07, 6.45) is -0.776. The summed E-state index contributed by atoms with van der Waals surface area (Å²) in [5, 5.41) is 0. The topological polar surface area (TPSA) is 47.5 Å². The van der Waals surface area contributed by atoms with E-state index in [0.717, 1.165) is 45.2 Å². The third-order valence-corrected chi connectivity index (χ3v) is 10.2. The first kappa shape index (κ1) is 40.5. The molecular weight excluding hydrogens is 765 g/mol. The largest absolute Gasteiger partial charge is 0.551 e. The maximum atomic E-state index is 13.6. The molecule has 0 bridgehead atoms. The molecule has 0 amide bonds. The van der Waals surface area contributed by atoms with Gasteiger partial charge < -0.3 is 14.2 Å². The number of anilines is 1. The molecule has 0 aliphatic carbocycles. The summed E-state index contributed by atoms with van der Waals surface area (Å²) in [6.45, 7) is -0.936. The second-order valence-corrected chi connectivity index (χ2v) is 14.7. The Hall–Kier alpha value is -7.32. The van der Waals surface area contributed by atoms with Crippen molar-refractivity contribution in [3.05, 3.63) is 222 Å². The molecule has 8 rings (SSSR count). The van der Waals surface area contributed by atoms with E-state index in [4.69, 9.17) is 19.3 Å². The van der Waals surface area contributed by atoms with E-state index < -0.39 is 18.7 Å². The van der Waals surface area contributed by atoms with Gasteiger partial charge in [-0.3, -0.25) is 0 Å². The van der Waals surface area contributed by atoms with E-state index in [1.807, 2.05) is 154 Å². The lowest BCUT2D eigenvalue weighted by Gasteiger charge is -2.20. The SMILES string of the molecule is CN(C)c1ccc(/C(=C\c2ccc3nc(/C=C(/OB(c4ccccc4)c4ccccc4)c4ccc(C(F)(F)F)cc4)ccc3n2)OB(c2ccccc2)c2ccccc2)cc1. The number of rotatable bonds is 13. The van der Waals surface area contributed by atoms with Gasteiger partial charge in [0.25, 0.3) is 0 Å². The van der Waals surface area contributed by atoms with E-state index in [1.54, 1.807) is 6.08 Å². The van der Waals surface area contributed by atoms with Crippen molar-refractivity contribution < 1.29 is 22.5 Å². The smallest absolute Gasteiger partial charge is 0.426 e. The molecule has 0 unspecified atom stereocenters. The predicted molar refractivity (Wildman–Crippen MR) is 245 cm³/mol. The van der Waals surface area contributed by atoms with E-state index in [0.29, 0.717) is 39.5 Å².